The zero-order valence-corrected chi connectivity index (χ0v) is 27.1. The lowest BCUT2D eigenvalue weighted by molar-refractivity contribution is -0.144. The average molecular weight is 686 g/mol. The molecule has 5 heterocycles. The smallest absolute Gasteiger partial charge is 0.444 e. The molecule has 2 aliphatic rings. The average Bonchev–Trinajstić information content (AvgIpc) is 3.77. The molecule has 1 saturated heterocycles. The number of methoxy groups -OCH3 is 1. The Balaban J connectivity index is 1.09. The minimum absolute atomic E-state index is 0.0412. The monoisotopic (exact) mass is 685 g/mol. The van der Waals surface area contributed by atoms with Crippen molar-refractivity contribution in [3.05, 3.63) is 82.3 Å². The van der Waals surface area contributed by atoms with Gasteiger partial charge in [-0.2, -0.15) is 13.2 Å². The van der Waals surface area contributed by atoms with Gasteiger partial charge in [-0.3, -0.25) is 4.90 Å². The third-order valence-electron chi connectivity index (χ3n) is 8.96. The molecule has 7 rings (SSSR count). The molecule has 2 aliphatic heterocycles. The van der Waals surface area contributed by atoms with E-state index >= 15 is 0 Å². The van der Waals surface area contributed by atoms with Gasteiger partial charge < -0.3 is 23.8 Å². The third kappa shape index (κ3) is 6.08. The number of nitrogens with one attached hydrogen (secondary N) is 1. The maximum absolute atomic E-state index is 14.9. The molecule has 1 unspecified atom stereocenters. The number of halogens is 5. The Morgan fingerprint density at radius 3 is 2.62 bits per heavy atom. The number of piperidine rings is 1. The van der Waals surface area contributed by atoms with Crippen LogP contribution in [0.4, 0.5) is 17.6 Å². The number of hydrogen-bond donors (Lipinski definition) is 1. The zero-order chi connectivity index (χ0) is 33.8. The summed E-state index contributed by atoms with van der Waals surface area (Å²) in [6.45, 7) is 6.23. The summed E-state index contributed by atoms with van der Waals surface area (Å²) in [6, 6.07) is 11.9. The van der Waals surface area contributed by atoms with Crippen molar-refractivity contribution in [1.82, 2.24) is 34.6 Å². The second-order valence-electron chi connectivity index (χ2n) is 12.3. The van der Waals surface area contributed by atoms with Crippen molar-refractivity contribution in [3.63, 3.8) is 0 Å². The molecule has 0 radical (unpaired) electrons. The molecule has 1 fully saturated rings. The molecule has 0 bridgehead atoms. The lowest BCUT2D eigenvalue weighted by Gasteiger charge is -2.32. The SMILES string of the molecule is CO[C@H](C)Cn1c(CN2CCC(c3cccc4c3OC(C)(c3ccc(Cl)cc3F)O4)CC2)nc2cc(-c3nnc(C(F)(F)F)[nH]3)cnc21. The van der Waals surface area contributed by atoms with Crippen molar-refractivity contribution < 1.29 is 31.8 Å². The van der Waals surface area contributed by atoms with Crippen LogP contribution in [0.2, 0.25) is 5.02 Å². The van der Waals surface area contributed by atoms with E-state index < -0.39 is 23.6 Å². The molecule has 48 heavy (non-hydrogen) atoms. The summed E-state index contributed by atoms with van der Waals surface area (Å²) in [4.78, 5) is 14.0. The number of aromatic amines is 1. The van der Waals surface area contributed by atoms with Crippen molar-refractivity contribution in [2.24, 2.45) is 0 Å². The molecule has 2 aromatic carbocycles. The van der Waals surface area contributed by atoms with Crippen LogP contribution in [0.1, 0.15) is 55.4 Å². The summed E-state index contributed by atoms with van der Waals surface area (Å²) in [7, 11) is 1.63. The summed E-state index contributed by atoms with van der Waals surface area (Å²) >= 11 is 5.97. The van der Waals surface area contributed by atoms with Crippen LogP contribution in [0, 0.1) is 5.82 Å². The summed E-state index contributed by atoms with van der Waals surface area (Å²) in [5, 5.41) is 7.18. The molecule has 0 spiro atoms. The largest absolute Gasteiger partial charge is 0.451 e. The van der Waals surface area contributed by atoms with Crippen LogP contribution in [0.15, 0.2) is 48.7 Å². The molecule has 0 amide bonds. The highest BCUT2D eigenvalue weighted by molar-refractivity contribution is 6.30. The number of para-hydroxylation sites is 1. The number of benzene rings is 2. The van der Waals surface area contributed by atoms with Crippen LogP contribution in [-0.2, 0) is 29.8 Å². The number of hydrogen-bond acceptors (Lipinski definition) is 8. The van der Waals surface area contributed by atoms with Crippen molar-refractivity contribution in [3.8, 4) is 22.9 Å². The van der Waals surface area contributed by atoms with E-state index in [1.807, 2.05) is 29.7 Å². The van der Waals surface area contributed by atoms with Gasteiger partial charge in [0, 0.05) is 36.4 Å². The van der Waals surface area contributed by atoms with E-state index in [0.29, 0.717) is 46.3 Å². The van der Waals surface area contributed by atoms with Crippen LogP contribution < -0.4 is 9.47 Å². The Hall–Kier alpha value is -4.27. The topological polar surface area (TPSA) is 103 Å². The first kappa shape index (κ1) is 32.3. The summed E-state index contributed by atoms with van der Waals surface area (Å²) in [5.74, 6) is -0.891. The van der Waals surface area contributed by atoms with Crippen LogP contribution >= 0.6 is 11.6 Å². The van der Waals surface area contributed by atoms with Crippen LogP contribution in [0.5, 0.6) is 11.5 Å². The first-order valence-electron chi connectivity index (χ1n) is 15.5. The standard InChI is InChI=1S/C33H32ClF4N7O3/c1-18(46-3)16-45-27(40-25-13-20(15-39-30(25)45)29-41-31(43-42-29)33(36,37)38)17-44-11-9-19(10-12-44)22-5-4-6-26-28(22)48-32(2,47-26)23-8-7-21(34)14-24(23)35/h4-8,13-15,18-19H,9-12,16-17H2,1-3H3,(H,41,42,43)/t18-,32?/m1/s1. The van der Waals surface area contributed by atoms with Gasteiger partial charge in [-0.25, -0.2) is 14.4 Å². The minimum Gasteiger partial charge on any atom is -0.444 e. The van der Waals surface area contributed by atoms with Crippen LogP contribution in [0.25, 0.3) is 22.6 Å². The fourth-order valence-corrected chi connectivity index (χ4v) is 6.55. The Morgan fingerprint density at radius 1 is 1.12 bits per heavy atom. The second-order valence-corrected chi connectivity index (χ2v) is 12.7. The molecule has 3 aromatic heterocycles. The molecular weight excluding hydrogens is 654 g/mol. The number of ether oxygens (including phenoxy) is 3. The van der Waals surface area contributed by atoms with Gasteiger partial charge >= 0.3 is 6.18 Å². The number of pyridine rings is 1. The van der Waals surface area contributed by atoms with Crippen LogP contribution in [0.3, 0.4) is 0 Å². The Bertz CT molecular complexity index is 1970. The van der Waals surface area contributed by atoms with Crippen LogP contribution in [-0.4, -0.2) is 60.9 Å². The summed E-state index contributed by atoms with van der Waals surface area (Å²) in [6.07, 6.45) is -1.62. The van der Waals surface area contributed by atoms with E-state index in [2.05, 4.69) is 25.1 Å². The predicted octanol–water partition coefficient (Wildman–Crippen LogP) is 7.09. The highest BCUT2D eigenvalue weighted by atomic mass is 35.5. The second kappa shape index (κ2) is 12.3. The molecule has 1 N–H and O–H groups in total. The van der Waals surface area contributed by atoms with Gasteiger partial charge in [0.2, 0.25) is 5.82 Å². The fourth-order valence-electron chi connectivity index (χ4n) is 6.39. The molecule has 15 heteroatoms. The van der Waals surface area contributed by atoms with Crippen molar-refractivity contribution in [2.45, 2.75) is 63.8 Å². The maximum atomic E-state index is 14.9. The van der Waals surface area contributed by atoms with E-state index in [4.69, 9.17) is 30.8 Å². The maximum Gasteiger partial charge on any atom is 0.451 e. The van der Waals surface area contributed by atoms with Crippen molar-refractivity contribution in [2.75, 3.05) is 20.2 Å². The first-order chi connectivity index (χ1) is 22.9. The summed E-state index contributed by atoms with van der Waals surface area (Å²) in [5.41, 5.74) is 2.76. The van der Waals surface area contributed by atoms with Gasteiger partial charge in [-0.1, -0.05) is 23.7 Å². The highest BCUT2D eigenvalue weighted by Crippen LogP contribution is 2.50. The van der Waals surface area contributed by atoms with Gasteiger partial charge in [0.15, 0.2) is 23.0 Å². The molecule has 0 aliphatic carbocycles. The molecular formula is C33H32ClF4N7O3. The normalized spacial score (nSPS) is 19.3. The molecule has 2 atom stereocenters. The number of likely N-dealkylation sites (tertiary alicyclic amines) is 1. The van der Waals surface area contributed by atoms with Gasteiger partial charge in [-0.15, -0.1) is 10.2 Å². The van der Waals surface area contributed by atoms with E-state index in [1.165, 1.54) is 12.3 Å². The predicted molar refractivity (Wildman–Crippen MR) is 168 cm³/mol. The number of imidazole rings is 1. The minimum atomic E-state index is -4.64. The lowest BCUT2D eigenvalue weighted by atomic mass is 9.88. The molecule has 5 aromatic rings. The summed E-state index contributed by atoms with van der Waals surface area (Å²) < 4.78 is 74.2. The number of H-pyrrole nitrogens is 1. The van der Waals surface area contributed by atoms with E-state index in [9.17, 15) is 17.6 Å². The Labute approximate surface area is 278 Å². The first-order valence-corrected chi connectivity index (χ1v) is 15.9. The van der Waals surface area contributed by atoms with Crippen molar-refractivity contribution >= 4 is 22.8 Å². The van der Waals surface area contributed by atoms with E-state index in [1.54, 1.807) is 32.2 Å². The third-order valence-corrected chi connectivity index (χ3v) is 9.19. The Morgan fingerprint density at radius 2 is 1.92 bits per heavy atom. The Kier molecular flexibility index (Phi) is 8.28. The number of alkyl halides is 3. The van der Waals surface area contributed by atoms with Gasteiger partial charge in [0.05, 0.1) is 24.8 Å². The van der Waals surface area contributed by atoms with Crippen molar-refractivity contribution in [1.29, 1.82) is 0 Å². The quantitative estimate of drug-likeness (QED) is 0.173. The number of aromatic nitrogens is 6. The fraction of sp³-hybridized carbons (Fsp3) is 0.394. The number of rotatable bonds is 8. The number of nitrogens with zero attached hydrogens (tertiary/aromatic N) is 6. The van der Waals surface area contributed by atoms with Gasteiger partial charge in [-0.05, 0) is 69.1 Å². The van der Waals surface area contributed by atoms with Gasteiger partial charge in [0.1, 0.15) is 17.2 Å². The van der Waals surface area contributed by atoms with E-state index in [-0.39, 0.29) is 23.4 Å². The number of fused-ring (bicyclic) bond motifs is 2. The zero-order valence-electron chi connectivity index (χ0n) is 26.3. The molecule has 252 valence electrons. The lowest BCUT2D eigenvalue weighted by Crippen LogP contribution is -2.34. The highest BCUT2D eigenvalue weighted by Gasteiger charge is 2.43. The van der Waals surface area contributed by atoms with Gasteiger partial charge in [0.25, 0.3) is 5.79 Å². The molecule has 0 saturated carbocycles. The molecule has 10 nitrogen and oxygen atoms in total. The van der Waals surface area contributed by atoms with E-state index in [0.717, 1.165) is 37.3 Å².